The Morgan fingerprint density at radius 2 is 2.05 bits per heavy atom. The second-order valence-electron chi connectivity index (χ2n) is 3.81. The first-order chi connectivity index (χ1) is 9.15. The van der Waals surface area contributed by atoms with E-state index in [9.17, 15) is 0 Å². The molecule has 0 heterocycles. The van der Waals surface area contributed by atoms with Gasteiger partial charge in [0.15, 0.2) is 0 Å². The Hall–Kier alpha value is -0.880. The molecule has 0 aromatic heterocycles. The number of thiocarbonyl (C=S) groups is 1. The molecule has 0 spiro atoms. The predicted octanol–water partition coefficient (Wildman–Crippen LogP) is 2.41. The number of methoxy groups -OCH3 is 1. The topological polar surface area (TPSA) is 53.7 Å². The number of ether oxygens (including phenoxy) is 3. The molecular formula is C13H18ClNO3S. The van der Waals surface area contributed by atoms with Crippen molar-refractivity contribution in [2.24, 2.45) is 5.73 Å². The van der Waals surface area contributed by atoms with Crippen LogP contribution in [0.4, 0.5) is 0 Å². The van der Waals surface area contributed by atoms with Crippen LogP contribution in [0.3, 0.4) is 0 Å². The van der Waals surface area contributed by atoms with Gasteiger partial charge in [-0.2, -0.15) is 0 Å². The first kappa shape index (κ1) is 16.2. The summed E-state index contributed by atoms with van der Waals surface area (Å²) in [5.74, 6) is 0.608. The molecule has 0 saturated heterocycles. The molecule has 0 radical (unpaired) electrons. The fraction of sp³-hybridized carbons (Fsp3) is 0.462. The molecule has 0 bridgehead atoms. The molecule has 0 atom stereocenters. The lowest BCUT2D eigenvalue weighted by Crippen LogP contribution is -2.13. The van der Waals surface area contributed by atoms with Crippen molar-refractivity contribution in [2.75, 3.05) is 33.5 Å². The Bertz CT molecular complexity index is 415. The molecule has 0 amide bonds. The molecule has 0 unspecified atom stereocenters. The summed E-state index contributed by atoms with van der Waals surface area (Å²) in [5.41, 5.74) is 6.31. The largest absolute Gasteiger partial charge is 0.493 e. The highest BCUT2D eigenvalue weighted by atomic mass is 35.5. The van der Waals surface area contributed by atoms with Gasteiger partial charge in [-0.1, -0.05) is 23.8 Å². The predicted molar refractivity (Wildman–Crippen MR) is 80.1 cm³/mol. The Morgan fingerprint density at radius 1 is 1.26 bits per heavy atom. The van der Waals surface area contributed by atoms with Gasteiger partial charge in [-0.05, 0) is 18.2 Å². The summed E-state index contributed by atoms with van der Waals surface area (Å²) in [6, 6.07) is 5.20. The molecule has 1 rings (SSSR count). The highest BCUT2D eigenvalue weighted by Crippen LogP contribution is 2.23. The van der Waals surface area contributed by atoms with E-state index in [1.54, 1.807) is 25.3 Å². The molecule has 1 aromatic rings. The van der Waals surface area contributed by atoms with E-state index in [4.69, 9.17) is 43.8 Å². The number of nitrogens with two attached hydrogens (primary N) is 1. The Kier molecular flexibility index (Phi) is 7.74. The number of benzene rings is 1. The molecule has 0 saturated carbocycles. The third-order valence-electron chi connectivity index (χ3n) is 2.33. The summed E-state index contributed by atoms with van der Waals surface area (Å²) in [4.78, 5) is 0.294. The summed E-state index contributed by atoms with van der Waals surface area (Å²) in [6.45, 7) is 2.32. The van der Waals surface area contributed by atoms with Crippen LogP contribution in [0.5, 0.6) is 5.75 Å². The highest BCUT2D eigenvalue weighted by molar-refractivity contribution is 7.80. The number of hydrogen-bond donors (Lipinski definition) is 1. The lowest BCUT2D eigenvalue weighted by Gasteiger charge is -2.11. The van der Waals surface area contributed by atoms with Crippen LogP contribution >= 0.6 is 23.8 Å². The number of rotatable bonds is 9. The van der Waals surface area contributed by atoms with E-state index in [1.165, 1.54) is 0 Å². The molecule has 2 N–H and O–H groups in total. The molecule has 1 aromatic carbocycles. The monoisotopic (exact) mass is 303 g/mol. The first-order valence-electron chi connectivity index (χ1n) is 5.94. The van der Waals surface area contributed by atoms with Crippen molar-refractivity contribution in [3.05, 3.63) is 28.8 Å². The lowest BCUT2D eigenvalue weighted by atomic mass is 10.2. The molecule has 106 valence electrons. The van der Waals surface area contributed by atoms with Crippen molar-refractivity contribution in [1.29, 1.82) is 0 Å². The van der Waals surface area contributed by atoms with E-state index < -0.39 is 0 Å². The maximum atomic E-state index is 5.92. The quantitative estimate of drug-likeness (QED) is 0.561. The van der Waals surface area contributed by atoms with Crippen molar-refractivity contribution in [3.63, 3.8) is 0 Å². The van der Waals surface area contributed by atoms with E-state index in [-0.39, 0.29) is 0 Å². The van der Waals surface area contributed by atoms with Crippen molar-refractivity contribution in [3.8, 4) is 5.75 Å². The van der Waals surface area contributed by atoms with Gasteiger partial charge in [0.1, 0.15) is 10.7 Å². The number of hydrogen-bond acceptors (Lipinski definition) is 4. The molecule has 4 nitrogen and oxygen atoms in total. The zero-order valence-corrected chi connectivity index (χ0v) is 12.4. The normalized spacial score (nSPS) is 10.4. The van der Waals surface area contributed by atoms with E-state index in [2.05, 4.69) is 0 Å². The summed E-state index contributed by atoms with van der Waals surface area (Å²) in [5, 5.41) is 0.589. The minimum absolute atomic E-state index is 0.294. The van der Waals surface area contributed by atoms with Crippen molar-refractivity contribution in [1.82, 2.24) is 0 Å². The van der Waals surface area contributed by atoms with Crippen LogP contribution in [0.1, 0.15) is 12.0 Å². The zero-order valence-electron chi connectivity index (χ0n) is 10.9. The maximum absolute atomic E-state index is 5.92. The molecule has 0 aliphatic rings. The third-order valence-corrected chi connectivity index (χ3v) is 2.79. The summed E-state index contributed by atoms with van der Waals surface area (Å²) < 4.78 is 15.8. The van der Waals surface area contributed by atoms with Crippen LogP contribution in [0.2, 0.25) is 5.02 Å². The van der Waals surface area contributed by atoms with Crippen LogP contribution in [0.15, 0.2) is 18.2 Å². The number of halogens is 1. The second-order valence-corrected chi connectivity index (χ2v) is 4.69. The second kappa shape index (κ2) is 9.09. The van der Waals surface area contributed by atoms with Crippen LogP contribution < -0.4 is 10.5 Å². The fourth-order valence-corrected chi connectivity index (χ4v) is 1.74. The zero-order chi connectivity index (χ0) is 14.1. The Balaban J connectivity index is 2.36. The van der Waals surface area contributed by atoms with Gasteiger partial charge >= 0.3 is 0 Å². The molecule has 0 aliphatic heterocycles. The minimum Gasteiger partial charge on any atom is -0.493 e. The molecular weight excluding hydrogens is 286 g/mol. The van der Waals surface area contributed by atoms with E-state index >= 15 is 0 Å². The van der Waals surface area contributed by atoms with Gasteiger partial charge in [-0.25, -0.2) is 0 Å². The molecule has 0 fully saturated rings. The van der Waals surface area contributed by atoms with Gasteiger partial charge in [-0.15, -0.1) is 0 Å². The van der Waals surface area contributed by atoms with Gasteiger partial charge in [0.05, 0.1) is 25.4 Å². The summed E-state index contributed by atoms with van der Waals surface area (Å²) in [6.07, 6.45) is 0.771. The van der Waals surface area contributed by atoms with Crippen molar-refractivity contribution >= 4 is 28.8 Å². The van der Waals surface area contributed by atoms with E-state index in [0.29, 0.717) is 47.8 Å². The Labute approximate surface area is 123 Å². The van der Waals surface area contributed by atoms with Crippen LogP contribution in [-0.4, -0.2) is 38.5 Å². The van der Waals surface area contributed by atoms with Gasteiger partial charge in [0.2, 0.25) is 0 Å². The van der Waals surface area contributed by atoms with E-state index in [1.807, 2.05) is 0 Å². The van der Waals surface area contributed by atoms with Gasteiger partial charge < -0.3 is 19.9 Å². The van der Waals surface area contributed by atoms with Crippen LogP contribution in [0.25, 0.3) is 0 Å². The first-order valence-corrected chi connectivity index (χ1v) is 6.72. The van der Waals surface area contributed by atoms with Gasteiger partial charge in [0, 0.05) is 25.2 Å². The third kappa shape index (κ3) is 6.20. The average molecular weight is 304 g/mol. The SMILES string of the molecule is COCCOCCCOc1cc(Cl)ccc1C(N)=S. The standard InChI is InChI=1S/C13H18ClNO3S/c1-16-7-8-17-5-2-6-18-12-9-10(14)3-4-11(12)13(15)19/h3-4,9H,2,5-8H2,1H3,(H2,15,19). The summed E-state index contributed by atoms with van der Waals surface area (Å²) in [7, 11) is 1.64. The Morgan fingerprint density at radius 3 is 2.74 bits per heavy atom. The lowest BCUT2D eigenvalue weighted by molar-refractivity contribution is 0.0644. The van der Waals surface area contributed by atoms with Gasteiger partial charge in [-0.3, -0.25) is 0 Å². The maximum Gasteiger partial charge on any atom is 0.130 e. The summed E-state index contributed by atoms with van der Waals surface area (Å²) >= 11 is 10.9. The van der Waals surface area contributed by atoms with Crippen LogP contribution in [-0.2, 0) is 9.47 Å². The highest BCUT2D eigenvalue weighted by Gasteiger charge is 2.07. The smallest absolute Gasteiger partial charge is 0.130 e. The van der Waals surface area contributed by atoms with Crippen molar-refractivity contribution in [2.45, 2.75) is 6.42 Å². The fourth-order valence-electron chi connectivity index (χ4n) is 1.41. The van der Waals surface area contributed by atoms with Crippen molar-refractivity contribution < 1.29 is 14.2 Å². The van der Waals surface area contributed by atoms with Crippen LogP contribution in [0, 0.1) is 0 Å². The van der Waals surface area contributed by atoms with E-state index in [0.717, 1.165) is 6.42 Å². The molecule has 19 heavy (non-hydrogen) atoms. The minimum atomic E-state index is 0.294. The van der Waals surface area contributed by atoms with Gasteiger partial charge in [0.25, 0.3) is 0 Å². The molecule has 0 aliphatic carbocycles. The average Bonchev–Trinajstić information content (AvgIpc) is 2.37. The molecule has 6 heteroatoms.